The summed E-state index contributed by atoms with van der Waals surface area (Å²) in [5, 5.41) is 0. The van der Waals surface area contributed by atoms with Crippen LogP contribution in [0.2, 0.25) is 0 Å². The molecule has 0 atom stereocenters. The molecule has 0 aromatic rings. The fourth-order valence-corrected chi connectivity index (χ4v) is 2.09. The van der Waals surface area contributed by atoms with Crippen molar-refractivity contribution < 1.29 is 44.1 Å². The SMILES string of the molecule is CC.CCC(=O)CCOCCOCCOCCOCCOCCOCCOCCOCCN.[HH]. The van der Waals surface area contributed by atoms with Crippen molar-refractivity contribution in [3.63, 3.8) is 0 Å². The molecule has 0 aromatic heterocycles. The van der Waals surface area contributed by atoms with Crippen LogP contribution < -0.4 is 5.73 Å². The molecule has 0 fully saturated rings. The summed E-state index contributed by atoms with van der Waals surface area (Å²) < 4.78 is 42.8. The highest BCUT2D eigenvalue weighted by Crippen LogP contribution is 1.90. The van der Waals surface area contributed by atoms with Crippen LogP contribution in [-0.4, -0.2) is 118 Å². The van der Waals surface area contributed by atoms with Gasteiger partial charge in [0.25, 0.3) is 0 Å². The van der Waals surface area contributed by atoms with Gasteiger partial charge in [-0.2, -0.15) is 0 Å². The van der Waals surface area contributed by atoms with Crippen LogP contribution in [0.15, 0.2) is 0 Å². The molecule has 0 bridgehead atoms. The summed E-state index contributed by atoms with van der Waals surface area (Å²) in [5.74, 6) is 0.218. The minimum Gasteiger partial charge on any atom is -0.379 e. The van der Waals surface area contributed by atoms with Crippen molar-refractivity contribution in [1.29, 1.82) is 0 Å². The van der Waals surface area contributed by atoms with Crippen LogP contribution in [0.3, 0.4) is 0 Å². The molecule has 0 aliphatic heterocycles. The van der Waals surface area contributed by atoms with E-state index in [1.807, 2.05) is 20.8 Å². The Morgan fingerprint density at radius 2 is 0.758 bits per heavy atom. The lowest BCUT2D eigenvalue weighted by Crippen LogP contribution is -2.15. The summed E-state index contributed by atoms with van der Waals surface area (Å²) in [5.41, 5.74) is 5.31. The van der Waals surface area contributed by atoms with Crippen molar-refractivity contribution in [2.75, 3.05) is 112 Å². The summed E-state index contributed by atoms with van der Waals surface area (Å²) in [6, 6.07) is 0. The summed E-state index contributed by atoms with van der Waals surface area (Å²) in [7, 11) is 0. The van der Waals surface area contributed by atoms with E-state index in [4.69, 9.17) is 43.6 Å². The highest BCUT2D eigenvalue weighted by Gasteiger charge is 1.98. The Morgan fingerprint density at radius 3 is 1.00 bits per heavy atom. The topological polar surface area (TPSA) is 117 Å². The number of ether oxygens (including phenoxy) is 8. The lowest BCUT2D eigenvalue weighted by Gasteiger charge is -2.08. The van der Waals surface area contributed by atoms with Crippen molar-refractivity contribution in [3.05, 3.63) is 0 Å². The Morgan fingerprint density at radius 1 is 0.515 bits per heavy atom. The third kappa shape index (κ3) is 33.6. The predicted octanol–water partition coefficient (Wildman–Crippen LogP) is 1.72. The van der Waals surface area contributed by atoms with Crippen molar-refractivity contribution >= 4 is 5.78 Å². The Bertz CT molecular complexity index is 369. The minimum absolute atomic E-state index is 0. The molecular formula is C23H51NO9. The van der Waals surface area contributed by atoms with Crippen LogP contribution >= 0.6 is 0 Å². The second-order valence-electron chi connectivity index (χ2n) is 6.33. The van der Waals surface area contributed by atoms with Gasteiger partial charge in [-0.3, -0.25) is 4.79 Å². The van der Waals surface area contributed by atoms with E-state index in [2.05, 4.69) is 0 Å². The smallest absolute Gasteiger partial charge is 0.134 e. The maximum absolute atomic E-state index is 11.1. The maximum atomic E-state index is 11.1. The van der Waals surface area contributed by atoms with Gasteiger partial charge in [0.05, 0.1) is 106 Å². The van der Waals surface area contributed by atoms with E-state index in [1.54, 1.807) is 0 Å². The molecule has 0 unspecified atom stereocenters. The van der Waals surface area contributed by atoms with Crippen molar-refractivity contribution in [2.45, 2.75) is 33.6 Å². The third-order valence-electron chi connectivity index (χ3n) is 3.79. The van der Waals surface area contributed by atoms with E-state index in [1.165, 1.54) is 0 Å². The first kappa shape index (κ1) is 34.5. The molecule has 33 heavy (non-hydrogen) atoms. The monoisotopic (exact) mass is 485 g/mol. The molecular weight excluding hydrogens is 434 g/mol. The van der Waals surface area contributed by atoms with Gasteiger partial charge in [0.1, 0.15) is 5.78 Å². The van der Waals surface area contributed by atoms with Crippen molar-refractivity contribution in [3.8, 4) is 0 Å². The largest absolute Gasteiger partial charge is 0.379 e. The van der Waals surface area contributed by atoms with Crippen LogP contribution in [0, 0.1) is 0 Å². The van der Waals surface area contributed by atoms with Crippen molar-refractivity contribution in [1.82, 2.24) is 0 Å². The van der Waals surface area contributed by atoms with Gasteiger partial charge in [-0.25, -0.2) is 0 Å². The van der Waals surface area contributed by atoms with Crippen LogP contribution in [0.5, 0.6) is 0 Å². The Labute approximate surface area is 202 Å². The highest BCUT2D eigenvalue weighted by atomic mass is 16.6. The summed E-state index contributed by atoms with van der Waals surface area (Å²) >= 11 is 0. The molecule has 10 heteroatoms. The molecule has 0 aliphatic rings. The van der Waals surface area contributed by atoms with E-state index < -0.39 is 0 Å². The van der Waals surface area contributed by atoms with Crippen molar-refractivity contribution in [2.24, 2.45) is 5.73 Å². The molecule has 0 radical (unpaired) electrons. The first-order chi connectivity index (χ1) is 16.3. The molecule has 0 saturated carbocycles. The Balaban J connectivity index is -0.00000311. The predicted molar refractivity (Wildman–Crippen MR) is 129 cm³/mol. The quantitative estimate of drug-likeness (QED) is 0.172. The normalized spacial score (nSPS) is 10.8. The standard InChI is InChI=1S/C21H43NO9.C2H6.H2/c1-2-21(23)3-5-24-7-9-26-11-13-28-15-17-30-19-20-31-18-16-29-14-12-27-10-8-25-6-4-22;1-2;/h2-20,22H2,1H3;1-2H3;1H. The summed E-state index contributed by atoms with van der Waals surface area (Å²) in [6.07, 6.45) is 1.04. The zero-order valence-corrected chi connectivity index (χ0v) is 21.2. The van der Waals surface area contributed by atoms with E-state index in [0.29, 0.717) is 125 Å². The average Bonchev–Trinajstić information content (AvgIpc) is 2.85. The molecule has 2 N–H and O–H groups in total. The van der Waals surface area contributed by atoms with Gasteiger partial charge in [-0.15, -0.1) is 0 Å². The number of carbonyl (C=O) groups is 1. The van der Waals surface area contributed by atoms with Gasteiger partial charge in [0, 0.05) is 20.8 Å². The summed E-state index contributed by atoms with van der Waals surface area (Å²) in [4.78, 5) is 11.1. The van der Waals surface area contributed by atoms with Crippen LogP contribution in [0.1, 0.15) is 35.0 Å². The molecule has 0 aromatic carbocycles. The number of carbonyl (C=O) groups excluding carboxylic acids is 1. The van der Waals surface area contributed by atoms with E-state index in [-0.39, 0.29) is 7.21 Å². The lowest BCUT2D eigenvalue weighted by atomic mass is 10.2. The number of nitrogens with two attached hydrogens (primary N) is 1. The molecule has 0 aliphatic carbocycles. The van der Waals surface area contributed by atoms with Gasteiger partial charge in [-0.05, 0) is 0 Å². The second-order valence-corrected chi connectivity index (χ2v) is 6.33. The van der Waals surface area contributed by atoms with Gasteiger partial charge in [-0.1, -0.05) is 20.8 Å². The van der Waals surface area contributed by atoms with Gasteiger partial charge < -0.3 is 43.6 Å². The van der Waals surface area contributed by atoms with Crippen LogP contribution in [-0.2, 0) is 42.7 Å². The van der Waals surface area contributed by atoms with Gasteiger partial charge in [0.15, 0.2) is 0 Å². The fourth-order valence-electron chi connectivity index (χ4n) is 2.09. The first-order valence-corrected chi connectivity index (χ1v) is 12.1. The number of hydrogen-bond donors (Lipinski definition) is 1. The Hall–Kier alpha value is -0.690. The van der Waals surface area contributed by atoms with Crippen LogP contribution in [0.25, 0.3) is 0 Å². The Kier molecular flexibility index (Phi) is 35.0. The molecule has 0 rings (SSSR count). The first-order valence-electron chi connectivity index (χ1n) is 12.1. The minimum atomic E-state index is 0. The lowest BCUT2D eigenvalue weighted by molar-refractivity contribution is -0.120. The highest BCUT2D eigenvalue weighted by molar-refractivity contribution is 5.78. The molecule has 202 valence electrons. The van der Waals surface area contributed by atoms with E-state index in [0.717, 1.165) is 0 Å². The average molecular weight is 486 g/mol. The third-order valence-corrected chi connectivity index (χ3v) is 3.79. The molecule has 0 amide bonds. The molecule has 0 saturated heterocycles. The zero-order chi connectivity index (χ0) is 24.7. The second kappa shape index (κ2) is 33.5. The van der Waals surface area contributed by atoms with Gasteiger partial charge in [0.2, 0.25) is 0 Å². The van der Waals surface area contributed by atoms with E-state index in [9.17, 15) is 4.79 Å². The molecule has 0 heterocycles. The summed E-state index contributed by atoms with van der Waals surface area (Å²) in [6.45, 7) is 14.7. The fraction of sp³-hybridized carbons (Fsp3) is 0.957. The van der Waals surface area contributed by atoms with Crippen LogP contribution in [0.4, 0.5) is 0 Å². The maximum Gasteiger partial charge on any atom is 0.134 e. The molecule has 10 nitrogen and oxygen atoms in total. The molecule has 0 spiro atoms. The number of hydrogen-bond acceptors (Lipinski definition) is 10. The number of Topliss-reactive ketones (excluding diaryl/α,β-unsaturated/α-hetero) is 1. The van der Waals surface area contributed by atoms with Gasteiger partial charge >= 0.3 is 0 Å². The number of rotatable bonds is 27. The number of ketones is 1. The zero-order valence-electron chi connectivity index (χ0n) is 21.2. The van der Waals surface area contributed by atoms with E-state index >= 15 is 0 Å².